The van der Waals surface area contributed by atoms with Crippen molar-refractivity contribution in [1.82, 2.24) is 9.88 Å². The van der Waals surface area contributed by atoms with E-state index in [1.807, 2.05) is 11.8 Å². The first-order valence-electron chi connectivity index (χ1n) is 8.78. The number of halogens is 1. The van der Waals surface area contributed by atoms with Crippen LogP contribution in [0, 0.1) is 12.8 Å². The van der Waals surface area contributed by atoms with Crippen molar-refractivity contribution in [2.45, 2.75) is 26.7 Å². The average molecular weight is 372 g/mol. The number of aryl methyl sites for hydroxylation is 1. The molecule has 1 aromatic carbocycles. The predicted octanol–water partition coefficient (Wildman–Crippen LogP) is 4.17. The van der Waals surface area contributed by atoms with E-state index in [0.717, 1.165) is 31.5 Å². The molecule has 2 amide bonds. The molecule has 1 aliphatic rings. The highest BCUT2D eigenvalue weighted by Crippen LogP contribution is 2.21. The number of rotatable bonds is 3. The van der Waals surface area contributed by atoms with Crippen molar-refractivity contribution in [2.75, 3.05) is 18.4 Å². The quantitative estimate of drug-likeness (QED) is 0.880. The highest BCUT2D eigenvalue weighted by atomic mass is 35.5. The molecular weight excluding hydrogens is 350 g/mol. The zero-order chi connectivity index (χ0) is 18.7. The molecule has 26 heavy (non-hydrogen) atoms. The van der Waals surface area contributed by atoms with E-state index in [2.05, 4.69) is 17.2 Å². The number of nitrogens with one attached hydrogen (secondary N) is 1. The summed E-state index contributed by atoms with van der Waals surface area (Å²) in [6, 6.07) is 10.2. The van der Waals surface area contributed by atoms with Crippen molar-refractivity contribution in [3.8, 4) is 0 Å². The van der Waals surface area contributed by atoms with E-state index in [9.17, 15) is 9.59 Å². The fraction of sp³-hybridized carbons (Fsp3) is 0.350. The van der Waals surface area contributed by atoms with E-state index in [0.29, 0.717) is 22.3 Å². The van der Waals surface area contributed by atoms with Gasteiger partial charge in [0.25, 0.3) is 11.8 Å². The van der Waals surface area contributed by atoms with E-state index in [-0.39, 0.29) is 17.5 Å². The molecule has 1 fully saturated rings. The van der Waals surface area contributed by atoms with Crippen molar-refractivity contribution < 1.29 is 9.59 Å². The molecule has 2 aromatic rings. The maximum absolute atomic E-state index is 12.7. The van der Waals surface area contributed by atoms with Crippen LogP contribution in [-0.4, -0.2) is 34.8 Å². The number of anilines is 1. The third-order valence-electron chi connectivity index (χ3n) is 4.58. The fourth-order valence-electron chi connectivity index (χ4n) is 3.17. The third-order valence-corrected chi connectivity index (χ3v) is 4.82. The lowest BCUT2D eigenvalue weighted by Crippen LogP contribution is -2.39. The first-order chi connectivity index (χ1) is 12.4. The first-order valence-corrected chi connectivity index (χ1v) is 9.15. The van der Waals surface area contributed by atoms with Gasteiger partial charge in [-0.05, 0) is 61.6 Å². The second-order valence-electron chi connectivity index (χ2n) is 6.82. The lowest BCUT2D eigenvalue weighted by molar-refractivity contribution is 0.0677. The van der Waals surface area contributed by atoms with E-state index < -0.39 is 0 Å². The molecule has 2 heterocycles. The van der Waals surface area contributed by atoms with Gasteiger partial charge in [0.15, 0.2) is 0 Å². The van der Waals surface area contributed by atoms with Crippen LogP contribution in [-0.2, 0) is 0 Å². The number of carbonyl (C=O) groups excluding carboxylic acids is 2. The third kappa shape index (κ3) is 4.22. The maximum atomic E-state index is 12.7. The summed E-state index contributed by atoms with van der Waals surface area (Å²) in [5.41, 5.74) is 2.05. The normalized spacial score (nSPS) is 17.0. The summed E-state index contributed by atoms with van der Waals surface area (Å²) in [6.07, 6.45) is 2.14. The smallest absolute Gasteiger partial charge is 0.274 e. The number of hydrogen-bond donors (Lipinski definition) is 1. The molecule has 136 valence electrons. The van der Waals surface area contributed by atoms with Crippen molar-refractivity contribution in [2.24, 2.45) is 5.92 Å². The van der Waals surface area contributed by atoms with Crippen LogP contribution in [0.2, 0.25) is 5.02 Å². The molecule has 1 aromatic heterocycles. The van der Waals surface area contributed by atoms with Gasteiger partial charge in [-0.1, -0.05) is 24.6 Å². The van der Waals surface area contributed by atoms with E-state index in [4.69, 9.17) is 11.6 Å². The molecule has 1 saturated heterocycles. The van der Waals surface area contributed by atoms with Crippen LogP contribution in [0.4, 0.5) is 5.69 Å². The number of likely N-dealkylation sites (tertiary alicyclic amines) is 1. The Morgan fingerprint density at radius 1 is 1.23 bits per heavy atom. The van der Waals surface area contributed by atoms with Gasteiger partial charge in [0, 0.05) is 23.8 Å². The summed E-state index contributed by atoms with van der Waals surface area (Å²) in [5.74, 6) is 0.0259. The molecule has 1 N–H and O–H groups in total. The van der Waals surface area contributed by atoms with Crippen molar-refractivity contribution in [3.63, 3.8) is 0 Å². The Balaban J connectivity index is 1.75. The van der Waals surface area contributed by atoms with Gasteiger partial charge in [0.2, 0.25) is 0 Å². The van der Waals surface area contributed by atoms with Gasteiger partial charge < -0.3 is 10.2 Å². The summed E-state index contributed by atoms with van der Waals surface area (Å²) < 4.78 is 0. The predicted molar refractivity (Wildman–Crippen MR) is 103 cm³/mol. The lowest BCUT2D eigenvalue weighted by atomic mass is 10.00. The molecule has 0 bridgehead atoms. The molecule has 0 aliphatic carbocycles. The second kappa shape index (κ2) is 7.87. The van der Waals surface area contributed by atoms with Crippen LogP contribution in [0.15, 0.2) is 36.4 Å². The van der Waals surface area contributed by atoms with Gasteiger partial charge >= 0.3 is 0 Å². The number of amides is 2. The zero-order valence-corrected chi connectivity index (χ0v) is 15.7. The van der Waals surface area contributed by atoms with Gasteiger partial charge in [-0.2, -0.15) is 0 Å². The molecule has 0 saturated carbocycles. The number of piperidine rings is 1. The zero-order valence-electron chi connectivity index (χ0n) is 15.0. The van der Waals surface area contributed by atoms with Crippen LogP contribution < -0.4 is 5.32 Å². The average Bonchev–Trinajstić information content (AvgIpc) is 2.63. The van der Waals surface area contributed by atoms with Gasteiger partial charge in [0.05, 0.1) is 0 Å². The Kier molecular flexibility index (Phi) is 5.57. The van der Waals surface area contributed by atoms with Crippen molar-refractivity contribution in [1.29, 1.82) is 0 Å². The van der Waals surface area contributed by atoms with E-state index in [1.54, 1.807) is 36.4 Å². The summed E-state index contributed by atoms with van der Waals surface area (Å²) in [5, 5.41) is 3.43. The molecule has 5 nitrogen and oxygen atoms in total. The van der Waals surface area contributed by atoms with Gasteiger partial charge in [-0.15, -0.1) is 0 Å². The second-order valence-corrected chi connectivity index (χ2v) is 7.26. The highest BCUT2D eigenvalue weighted by Gasteiger charge is 2.23. The Labute approximate surface area is 158 Å². The Bertz CT molecular complexity index is 838. The largest absolute Gasteiger partial charge is 0.337 e. The van der Waals surface area contributed by atoms with Crippen LogP contribution in [0.1, 0.15) is 46.3 Å². The maximum Gasteiger partial charge on any atom is 0.274 e. The number of benzene rings is 1. The van der Waals surface area contributed by atoms with Crippen LogP contribution in [0.25, 0.3) is 0 Å². The van der Waals surface area contributed by atoms with Crippen LogP contribution >= 0.6 is 11.6 Å². The summed E-state index contributed by atoms with van der Waals surface area (Å²) in [4.78, 5) is 31.3. The molecule has 0 radical (unpaired) electrons. The number of carbonyl (C=O) groups is 2. The lowest BCUT2D eigenvalue weighted by Gasteiger charge is -2.30. The summed E-state index contributed by atoms with van der Waals surface area (Å²) >= 11 is 5.94. The van der Waals surface area contributed by atoms with Gasteiger partial charge in [-0.3, -0.25) is 9.59 Å². The molecule has 0 spiro atoms. The van der Waals surface area contributed by atoms with E-state index >= 15 is 0 Å². The highest BCUT2D eigenvalue weighted by molar-refractivity contribution is 6.30. The molecule has 1 unspecified atom stereocenters. The summed E-state index contributed by atoms with van der Waals surface area (Å²) in [6.45, 7) is 5.49. The Morgan fingerprint density at radius 2 is 2.00 bits per heavy atom. The molecule has 1 atom stereocenters. The topological polar surface area (TPSA) is 62.3 Å². The number of aromatic nitrogens is 1. The Hall–Kier alpha value is -2.40. The molecule has 1 aliphatic heterocycles. The Morgan fingerprint density at radius 3 is 2.73 bits per heavy atom. The number of hydrogen-bond acceptors (Lipinski definition) is 3. The minimum Gasteiger partial charge on any atom is -0.337 e. The standard InChI is InChI=1S/C20H22ClN3O2/c1-13-5-4-10-24(12-13)20(26)18-7-3-6-17(22-18)19(25)23-16-9-8-15(21)11-14(16)2/h3,6-9,11,13H,4-5,10,12H2,1-2H3,(H,23,25). The molecule has 6 heteroatoms. The summed E-state index contributed by atoms with van der Waals surface area (Å²) in [7, 11) is 0. The van der Waals surface area contributed by atoms with Crippen LogP contribution in [0.3, 0.4) is 0 Å². The van der Waals surface area contributed by atoms with Gasteiger partial charge in [0.1, 0.15) is 11.4 Å². The minimum atomic E-state index is -0.350. The van der Waals surface area contributed by atoms with Crippen molar-refractivity contribution in [3.05, 3.63) is 58.4 Å². The monoisotopic (exact) mass is 371 g/mol. The van der Waals surface area contributed by atoms with Crippen LogP contribution in [0.5, 0.6) is 0 Å². The minimum absolute atomic E-state index is 0.117. The van der Waals surface area contributed by atoms with E-state index in [1.165, 1.54) is 0 Å². The SMILES string of the molecule is Cc1cc(Cl)ccc1NC(=O)c1cccc(C(=O)N2CCCC(C)C2)n1. The fourth-order valence-corrected chi connectivity index (χ4v) is 3.40. The molecular formula is C20H22ClN3O2. The van der Waals surface area contributed by atoms with Crippen molar-refractivity contribution >= 4 is 29.1 Å². The first kappa shape index (κ1) is 18.4. The molecule has 3 rings (SSSR count). The number of nitrogens with zero attached hydrogens (tertiary/aromatic N) is 2. The van der Waals surface area contributed by atoms with Gasteiger partial charge in [-0.25, -0.2) is 4.98 Å². The number of pyridine rings is 1.